The monoisotopic (exact) mass is 296 g/mol. The summed E-state index contributed by atoms with van der Waals surface area (Å²) in [5, 5.41) is 10.6. The van der Waals surface area contributed by atoms with Crippen LogP contribution in [0.3, 0.4) is 0 Å². The number of aromatic carboxylic acids is 1. The van der Waals surface area contributed by atoms with Crippen LogP contribution in [0.4, 0.5) is 0 Å². The number of aromatic nitrogens is 2. The molecule has 0 atom stereocenters. The normalized spacial score (nSPS) is 10.7. The Morgan fingerprint density at radius 1 is 1.42 bits per heavy atom. The fourth-order valence-corrected chi connectivity index (χ4v) is 2.55. The average Bonchev–Trinajstić information content (AvgIpc) is 2.70. The fourth-order valence-electron chi connectivity index (χ4n) is 1.86. The van der Waals surface area contributed by atoms with Crippen molar-refractivity contribution in [1.82, 2.24) is 9.55 Å². The van der Waals surface area contributed by atoms with E-state index in [2.05, 4.69) is 4.98 Å². The van der Waals surface area contributed by atoms with Crippen LogP contribution < -0.4 is 0 Å². The first kappa shape index (κ1) is 14.0. The van der Waals surface area contributed by atoms with Gasteiger partial charge in [0, 0.05) is 18.5 Å². The molecule has 0 unspecified atom stereocenters. The third-order valence-electron chi connectivity index (χ3n) is 2.84. The highest BCUT2D eigenvalue weighted by Crippen LogP contribution is 2.21. The summed E-state index contributed by atoms with van der Waals surface area (Å²) in [6, 6.07) is 7.37. The Kier molecular flexibility index (Phi) is 4.17. The van der Waals surface area contributed by atoms with Crippen LogP contribution in [0.1, 0.15) is 21.7 Å². The molecule has 0 bridgehead atoms. The van der Waals surface area contributed by atoms with E-state index in [1.165, 1.54) is 11.8 Å². The van der Waals surface area contributed by atoms with Gasteiger partial charge in [0.1, 0.15) is 0 Å². The van der Waals surface area contributed by atoms with Crippen LogP contribution >= 0.6 is 23.4 Å². The van der Waals surface area contributed by atoms with Crippen molar-refractivity contribution in [2.45, 2.75) is 11.6 Å². The molecule has 0 amide bonds. The number of carboxylic acid groups (broad SMARTS) is 1. The summed E-state index contributed by atoms with van der Waals surface area (Å²) < 4.78 is 1.82. The molecule has 1 N–H and O–H groups in total. The maximum atomic E-state index is 11.2. The molecule has 0 saturated carbocycles. The standard InChI is InChI=1S/C13H13ClN2O2S/c1-16-10(7-8-3-5-9(14)6-4-8)11(12(17)18)15-13(16)19-2/h3-6H,7H2,1-2H3,(H,17,18). The largest absolute Gasteiger partial charge is 0.476 e. The second kappa shape index (κ2) is 5.67. The smallest absolute Gasteiger partial charge is 0.356 e. The quantitative estimate of drug-likeness (QED) is 0.881. The molecule has 1 heterocycles. The van der Waals surface area contributed by atoms with Gasteiger partial charge in [-0.25, -0.2) is 9.78 Å². The summed E-state index contributed by atoms with van der Waals surface area (Å²) in [4.78, 5) is 15.4. The van der Waals surface area contributed by atoms with Gasteiger partial charge in [0.05, 0.1) is 5.69 Å². The van der Waals surface area contributed by atoms with Crippen LogP contribution in [0.25, 0.3) is 0 Å². The van der Waals surface area contributed by atoms with Gasteiger partial charge >= 0.3 is 5.97 Å². The maximum Gasteiger partial charge on any atom is 0.356 e. The molecule has 0 fully saturated rings. The lowest BCUT2D eigenvalue weighted by molar-refractivity contribution is 0.0689. The van der Waals surface area contributed by atoms with E-state index in [0.29, 0.717) is 22.3 Å². The predicted molar refractivity (Wildman–Crippen MR) is 76.2 cm³/mol. The van der Waals surface area contributed by atoms with Gasteiger partial charge in [-0.2, -0.15) is 0 Å². The Morgan fingerprint density at radius 2 is 2.05 bits per heavy atom. The van der Waals surface area contributed by atoms with E-state index in [9.17, 15) is 9.90 Å². The zero-order valence-electron chi connectivity index (χ0n) is 10.6. The number of nitrogens with zero attached hydrogens (tertiary/aromatic N) is 2. The molecular formula is C13H13ClN2O2S. The van der Waals surface area contributed by atoms with Gasteiger partial charge in [0.25, 0.3) is 0 Å². The molecule has 4 nitrogen and oxygen atoms in total. The number of thioether (sulfide) groups is 1. The first-order valence-corrected chi connectivity index (χ1v) is 7.20. The van der Waals surface area contributed by atoms with E-state index in [0.717, 1.165) is 5.56 Å². The number of halogens is 1. The van der Waals surface area contributed by atoms with Crippen LogP contribution in [0.2, 0.25) is 5.02 Å². The molecule has 19 heavy (non-hydrogen) atoms. The molecule has 0 aliphatic rings. The number of carboxylic acids is 1. The third kappa shape index (κ3) is 2.93. The molecule has 1 aromatic heterocycles. The Hall–Kier alpha value is -1.46. The topological polar surface area (TPSA) is 55.1 Å². The first-order valence-electron chi connectivity index (χ1n) is 5.60. The van der Waals surface area contributed by atoms with Crippen molar-refractivity contribution in [3.05, 3.63) is 46.2 Å². The fraction of sp³-hybridized carbons (Fsp3) is 0.231. The second-order valence-corrected chi connectivity index (χ2v) is 5.27. The number of imidazole rings is 1. The molecule has 1 aromatic carbocycles. The lowest BCUT2D eigenvalue weighted by Gasteiger charge is -2.06. The van der Waals surface area contributed by atoms with Gasteiger partial charge in [-0.05, 0) is 24.0 Å². The number of hydrogen-bond acceptors (Lipinski definition) is 3. The number of carbonyl (C=O) groups is 1. The highest BCUT2D eigenvalue weighted by molar-refractivity contribution is 7.98. The lowest BCUT2D eigenvalue weighted by atomic mass is 10.1. The summed E-state index contributed by atoms with van der Waals surface area (Å²) in [7, 11) is 1.83. The summed E-state index contributed by atoms with van der Waals surface area (Å²) in [6.45, 7) is 0. The van der Waals surface area contributed by atoms with Gasteiger partial charge in [-0.1, -0.05) is 35.5 Å². The van der Waals surface area contributed by atoms with Crippen LogP contribution in [0.15, 0.2) is 29.4 Å². The van der Waals surface area contributed by atoms with Crippen molar-refractivity contribution in [1.29, 1.82) is 0 Å². The molecule has 6 heteroatoms. The van der Waals surface area contributed by atoms with Crippen LogP contribution in [0.5, 0.6) is 0 Å². The Labute approximate surface area is 120 Å². The van der Waals surface area contributed by atoms with Gasteiger partial charge < -0.3 is 9.67 Å². The molecule has 0 saturated heterocycles. The van der Waals surface area contributed by atoms with Gasteiger partial charge in [0.2, 0.25) is 0 Å². The third-order valence-corrected chi connectivity index (χ3v) is 3.82. The highest BCUT2D eigenvalue weighted by atomic mass is 35.5. The molecular weight excluding hydrogens is 284 g/mol. The van der Waals surface area contributed by atoms with E-state index >= 15 is 0 Å². The number of benzene rings is 1. The summed E-state index contributed by atoms with van der Waals surface area (Å²) in [5.74, 6) is -1.00. The van der Waals surface area contributed by atoms with Gasteiger partial charge in [0.15, 0.2) is 10.9 Å². The van der Waals surface area contributed by atoms with Crippen molar-refractivity contribution in [3.63, 3.8) is 0 Å². The van der Waals surface area contributed by atoms with Gasteiger partial charge in [-0.15, -0.1) is 0 Å². The zero-order valence-corrected chi connectivity index (χ0v) is 12.1. The number of hydrogen-bond donors (Lipinski definition) is 1. The summed E-state index contributed by atoms with van der Waals surface area (Å²) in [5.41, 5.74) is 1.81. The van der Waals surface area contributed by atoms with E-state index in [1.54, 1.807) is 12.1 Å². The Morgan fingerprint density at radius 3 is 2.58 bits per heavy atom. The minimum absolute atomic E-state index is 0.113. The molecule has 100 valence electrons. The van der Waals surface area contributed by atoms with Gasteiger partial charge in [-0.3, -0.25) is 0 Å². The van der Waals surface area contributed by atoms with Crippen molar-refractivity contribution < 1.29 is 9.90 Å². The average molecular weight is 297 g/mol. The molecule has 2 rings (SSSR count). The highest BCUT2D eigenvalue weighted by Gasteiger charge is 2.19. The zero-order chi connectivity index (χ0) is 14.0. The van der Waals surface area contributed by atoms with Crippen molar-refractivity contribution in [3.8, 4) is 0 Å². The van der Waals surface area contributed by atoms with E-state index in [-0.39, 0.29) is 5.69 Å². The van der Waals surface area contributed by atoms with Crippen molar-refractivity contribution >= 4 is 29.3 Å². The summed E-state index contributed by atoms with van der Waals surface area (Å²) >= 11 is 7.27. The van der Waals surface area contributed by atoms with Crippen molar-refractivity contribution in [2.24, 2.45) is 7.05 Å². The number of rotatable bonds is 4. The molecule has 0 spiro atoms. The van der Waals surface area contributed by atoms with Crippen molar-refractivity contribution in [2.75, 3.05) is 6.26 Å². The van der Waals surface area contributed by atoms with E-state index in [4.69, 9.17) is 11.6 Å². The van der Waals surface area contributed by atoms with Crippen LogP contribution in [-0.2, 0) is 13.5 Å². The van der Waals surface area contributed by atoms with Crippen LogP contribution in [-0.4, -0.2) is 26.9 Å². The molecule has 0 aliphatic carbocycles. The minimum Gasteiger partial charge on any atom is -0.476 e. The lowest BCUT2D eigenvalue weighted by Crippen LogP contribution is -2.06. The molecule has 0 aliphatic heterocycles. The SMILES string of the molecule is CSc1nc(C(=O)O)c(Cc2ccc(Cl)cc2)n1C. The van der Waals surface area contributed by atoms with Crippen LogP contribution in [0, 0.1) is 0 Å². The Balaban J connectivity index is 2.40. The maximum absolute atomic E-state index is 11.2. The minimum atomic E-state index is -1.00. The predicted octanol–water partition coefficient (Wildman–Crippen LogP) is 3.08. The van der Waals surface area contributed by atoms with E-state index in [1.807, 2.05) is 30.0 Å². The first-order chi connectivity index (χ1) is 9.02. The molecule has 0 radical (unpaired) electrons. The van der Waals surface area contributed by atoms with E-state index < -0.39 is 5.97 Å². The second-order valence-electron chi connectivity index (χ2n) is 4.06. The summed E-state index contributed by atoms with van der Waals surface area (Å²) in [6.07, 6.45) is 2.39. The Bertz CT molecular complexity index is 608. The molecule has 2 aromatic rings.